The molecule has 1 aromatic carbocycles. The van der Waals surface area contributed by atoms with Crippen LogP contribution in [0.2, 0.25) is 0 Å². The second-order valence-corrected chi connectivity index (χ2v) is 10.7. The van der Waals surface area contributed by atoms with E-state index in [-0.39, 0.29) is 22.8 Å². The van der Waals surface area contributed by atoms with Gasteiger partial charge < -0.3 is 10.2 Å². The van der Waals surface area contributed by atoms with Crippen LogP contribution in [0.1, 0.15) is 37.1 Å². The molecule has 7 nitrogen and oxygen atoms in total. The van der Waals surface area contributed by atoms with Crippen molar-refractivity contribution in [1.29, 1.82) is 0 Å². The molecule has 0 bridgehead atoms. The van der Waals surface area contributed by atoms with Crippen molar-refractivity contribution in [3.63, 3.8) is 0 Å². The average molecular weight is 448 g/mol. The standard InChI is InChI=1S/C21H25N3O4S2/c1-14-11-16-12-18(7-8-19(16)24(14)15(2)25)30(27,28)23-9-3-6-20(23)21(26)22-13-17-5-4-10-29-17/h4-5,7-8,10,12,14,20H,3,6,9,11,13H2,1-2H3,(H,22,26)/t14-,20-/m0/s1. The number of rotatable bonds is 5. The Morgan fingerprint density at radius 3 is 2.77 bits per heavy atom. The van der Waals surface area contributed by atoms with E-state index in [1.54, 1.807) is 34.4 Å². The molecule has 160 valence electrons. The summed E-state index contributed by atoms with van der Waals surface area (Å²) in [4.78, 5) is 27.6. The summed E-state index contributed by atoms with van der Waals surface area (Å²) >= 11 is 1.55. The van der Waals surface area contributed by atoms with E-state index in [0.29, 0.717) is 32.4 Å². The maximum absolute atomic E-state index is 13.3. The fraction of sp³-hybridized carbons (Fsp3) is 0.429. The first-order valence-electron chi connectivity index (χ1n) is 10.0. The Kier molecular flexibility index (Phi) is 5.69. The first-order valence-corrected chi connectivity index (χ1v) is 12.4. The Morgan fingerprint density at radius 1 is 1.27 bits per heavy atom. The van der Waals surface area contributed by atoms with Crippen LogP contribution in [0.15, 0.2) is 40.6 Å². The molecule has 2 aromatic rings. The quantitative estimate of drug-likeness (QED) is 0.763. The van der Waals surface area contributed by atoms with Crippen molar-refractivity contribution in [2.24, 2.45) is 0 Å². The first kappa shape index (κ1) is 21.0. The summed E-state index contributed by atoms with van der Waals surface area (Å²) in [6, 6.07) is 8.05. The molecule has 2 aliphatic rings. The van der Waals surface area contributed by atoms with Crippen molar-refractivity contribution >= 4 is 38.9 Å². The van der Waals surface area contributed by atoms with Gasteiger partial charge >= 0.3 is 0 Å². The SMILES string of the molecule is CC(=O)N1c2ccc(S(=O)(=O)N3CCC[C@H]3C(=O)NCc3cccs3)cc2C[C@@H]1C. The second-order valence-electron chi connectivity index (χ2n) is 7.80. The zero-order valence-electron chi connectivity index (χ0n) is 17.0. The van der Waals surface area contributed by atoms with Crippen LogP contribution in [0.3, 0.4) is 0 Å². The van der Waals surface area contributed by atoms with Crippen LogP contribution in [0.25, 0.3) is 0 Å². The molecule has 0 radical (unpaired) electrons. The number of carbonyl (C=O) groups excluding carboxylic acids is 2. The normalized spacial score (nSPS) is 21.6. The van der Waals surface area contributed by atoms with Crippen molar-refractivity contribution in [3.05, 3.63) is 46.2 Å². The minimum atomic E-state index is -3.81. The fourth-order valence-electron chi connectivity index (χ4n) is 4.38. The monoisotopic (exact) mass is 447 g/mol. The van der Waals surface area contributed by atoms with Gasteiger partial charge in [-0.3, -0.25) is 9.59 Å². The van der Waals surface area contributed by atoms with Gasteiger partial charge in [-0.05, 0) is 61.4 Å². The molecule has 30 heavy (non-hydrogen) atoms. The fourth-order valence-corrected chi connectivity index (χ4v) is 6.73. The van der Waals surface area contributed by atoms with Crippen LogP contribution in [-0.2, 0) is 32.6 Å². The second kappa shape index (κ2) is 8.13. The molecule has 1 saturated heterocycles. The lowest BCUT2D eigenvalue weighted by Gasteiger charge is -2.24. The maximum Gasteiger partial charge on any atom is 0.243 e. The average Bonchev–Trinajstić information content (AvgIpc) is 3.43. The van der Waals surface area contributed by atoms with Crippen LogP contribution in [0.5, 0.6) is 0 Å². The highest BCUT2D eigenvalue weighted by Gasteiger charge is 2.40. The highest BCUT2D eigenvalue weighted by molar-refractivity contribution is 7.89. The molecular weight excluding hydrogens is 422 g/mol. The molecule has 4 rings (SSSR count). The van der Waals surface area contributed by atoms with Crippen LogP contribution < -0.4 is 10.2 Å². The molecule has 0 spiro atoms. The molecular formula is C21H25N3O4S2. The third-order valence-corrected chi connectivity index (χ3v) is 8.52. The van der Waals surface area contributed by atoms with Gasteiger partial charge in [0.25, 0.3) is 0 Å². The molecule has 3 heterocycles. The van der Waals surface area contributed by atoms with E-state index in [4.69, 9.17) is 0 Å². The van der Waals surface area contributed by atoms with E-state index in [9.17, 15) is 18.0 Å². The molecule has 2 aliphatic heterocycles. The van der Waals surface area contributed by atoms with E-state index in [2.05, 4.69) is 5.32 Å². The van der Waals surface area contributed by atoms with Crippen LogP contribution >= 0.6 is 11.3 Å². The van der Waals surface area contributed by atoms with Crippen molar-refractivity contribution in [2.45, 2.75) is 56.6 Å². The predicted octanol–water partition coefficient (Wildman–Crippen LogP) is 2.52. The minimum Gasteiger partial charge on any atom is -0.350 e. The number of benzene rings is 1. The number of hydrogen-bond acceptors (Lipinski definition) is 5. The largest absolute Gasteiger partial charge is 0.350 e. The van der Waals surface area contributed by atoms with Gasteiger partial charge in [0.2, 0.25) is 21.8 Å². The maximum atomic E-state index is 13.3. The van der Waals surface area contributed by atoms with Crippen molar-refractivity contribution in [1.82, 2.24) is 9.62 Å². The minimum absolute atomic E-state index is 0.00183. The Hall–Kier alpha value is -2.23. The van der Waals surface area contributed by atoms with E-state index in [1.807, 2.05) is 24.4 Å². The summed E-state index contributed by atoms with van der Waals surface area (Å²) in [5, 5.41) is 4.81. The van der Waals surface area contributed by atoms with Crippen LogP contribution in [0, 0.1) is 0 Å². The first-order chi connectivity index (χ1) is 14.3. The summed E-state index contributed by atoms with van der Waals surface area (Å²) in [6.45, 7) is 4.19. The molecule has 0 aliphatic carbocycles. The highest BCUT2D eigenvalue weighted by Crippen LogP contribution is 2.35. The summed E-state index contributed by atoms with van der Waals surface area (Å²) in [5.41, 5.74) is 1.61. The number of nitrogens with one attached hydrogen (secondary N) is 1. The van der Waals surface area contributed by atoms with Crippen molar-refractivity contribution in [2.75, 3.05) is 11.4 Å². The molecule has 1 aromatic heterocycles. The number of amides is 2. The summed E-state index contributed by atoms with van der Waals surface area (Å²) < 4.78 is 28.0. The van der Waals surface area contributed by atoms with E-state index < -0.39 is 16.1 Å². The van der Waals surface area contributed by atoms with Crippen LogP contribution in [-0.4, -0.2) is 43.2 Å². The van der Waals surface area contributed by atoms with Crippen molar-refractivity contribution < 1.29 is 18.0 Å². The molecule has 2 atom stereocenters. The number of carbonyl (C=O) groups is 2. The molecule has 1 fully saturated rings. The summed E-state index contributed by atoms with van der Waals surface area (Å²) in [7, 11) is -3.81. The molecule has 0 saturated carbocycles. The Morgan fingerprint density at radius 2 is 2.07 bits per heavy atom. The molecule has 1 N–H and O–H groups in total. The van der Waals surface area contributed by atoms with Gasteiger partial charge in [-0.15, -0.1) is 11.3 Å². The summed E-state index contributed by atoms with van der Waals surface area (Å²) in [6.07, 6.45) is 1.77. The Labute approximate surface area is 180 Å². The van der Waals surface area contributed by atoms with Crippen molar-refractivity contribution in [3.8, 4) is 0 Å². The zero-order chi connectivity index (χ0) is 21.5. The highest BCUT2D eigenvalue weighted by atomic mass is 32.2. The van der Waals surface area contributed by atoms with Crippen LogP contribution in [0.4, 0.5) is 5.69 Å². The molecule has 2 amide bonds. The zero-order valence-corrected chi connectivity index (χ0v) is 18.6. The van der Waals surface area contributed by atoms with E-state index >= 15 is 0 Å². The number of fused-ring (bicyclic) bond motifs is 1. The topological polar surface area (TPSA) is 86.8 Å². The lowest BCUT2D eigenvalue weighted by atomic mass is 10.1. The Balaban J connectivity index is 1.55. The predicted molar refractivity (Wildman–Crippen MR) is 116 cm³/mol. The Bertz CT molecular complexity index is 1070. The third kappa shape index (κ3) is 3.77. The van der Waals surface area contributed by atoms with Gasteiger partial charge in [-0.25, -0.2) is 8.42 Å². The smallest absolute Gasteiger partial charge is 0.243 e. The number of thiophene rings is 1. The van der Waals surface area contributed by atoms with Gasteiger partial charge in [0.15, 0.2) is 0 Å². The van der Waals surface area contributed by atoms with Gasteiger partial charge in [-0.1, -0.05) is 6.07 Å². The van der Waals surface area contributed by atoms with Gasteiger partial charge in [0, 0.05) is 30.1 Å². The lowest BCUT2D eigenvalue weighted by molar-refractivity contribution is -0.124. The van der Waals surface area contributed by atoms with Gasteiger partial charge in [0.1, 0.15) is 6.04 Å². The molecule has 0 unspecified atom stereocenters. The number of hydrogen-bond donors (Lipinski definition) is 1. The van der Waals surface area contributed by atoms with Gasteiger partial charge in [-0.2, -0.15) is 4.31 Å². The number of anilines is 1. The lowest BCUT2D eigenvalue weighted by Crippen LogP contribution is -2.45. The van der Waals surface area contributed by atoms with E-state index in [0.717, 1.165) is 16.1 Å². The third-order valence-electron chi connectivity index (χ3n) is 5.74. The summed E-state index contributed by atoms with van der Waals surface area (Å²) in [5.74, 6) is -0.319. The number of nitrogens with zero attached hydrogens (tertiary/aromatic N) is 2. The van der Waals surface area contributed by atoms with Gasteiger partial charge in [0.05, 0.1) is 11.4 Å². The molecule has 9 heteroatoms. The van der Waals surface area contributed by atoms with E-state index in [1.165, 1.54) is 11.2 Å². The number of sulfonamides is 1.